The molecule has 4 unspecified atom stereocenters. The van der Waals surface area contributed by atoms with Crippen LogP contribution in [0.2, 0.25) is 0 Å². The highest BCUT2D eigenvalue weighted by Crippen LogP contribution is 2.05. The van der Waals surface area contributed by atoms with Crippen molar-refractivity contribution < 1.29 is 43.8 Å². The number of carbonyl (C=O) groups is 7. The van der Waals surface area contributed by atoms with E-state index in [0.717, 1.165) is 0 Å². The first-order valence-corrected chi connectivity index (χ1v) is 11.4. The third-order valence-corrected chi connectivity index (χ3v) is 4.92. The number of carbonyl (C=O) groups excluding carboxylic acids is 5. The van der Waals surface area contributed by atoms with Gasteiger partial charge in [-0.3, -0.25) is 33.8 Å². The smallest absolute Gasteiger partial charge is 0.326 e. The van der Waals surface area contributed by atoms with E-state index < -0.39 is 72.1 Å². The number of nitrogens with one attached hydrogen (secondary N) is 3. The summed E-state index contributed by atoms with van der Waals surface area (Å²) in [4.78, 5) is 86.4. The molecule has 0 rings (SSSR count). The summed E-state index contributed by atoms with van der Waals surface area (Å²) in [5, 5.41) is 25.1. The van der Waals surface area contributed by atoms with Crippen LogP contribution in [0.5, 0.6) is 0 Å². The van der Waals surface area contributed by atoms with Crippen molar-refractivity contribution in [1.82, 2.24) is 16.0 Å². The summed E-state index contributed by atoms with van der Waals surface area (Å²) < 4.78 is 0. The van der Waals surface area contributed by atoms with Gasteiger partial charge in [0.25, 0.3) is 0 Å². The van der Waals surface area contributed by atoms with Crippen LogP contribution in [0.3, 0.4) is 0 Å². The van der Waals surface area contributed by atoms with Crippen molar-refractivity contribution in [3.8, 4) is 0 Å². The van der Waals surface area contributed by atoms with Crippen molar-refractivity contribution in [2.75, 3.05) is 6.54 Å². The first-order chi connectivity index (χ1) is 17.6. The minimum Gasteiger partial charge on any atom is -0.481 e. The first kappa shape index (κ1) is 33.5. The topological polar surface area (TPSA) is 338 Å². The lowest BCUT2D eigenvalue weighted by molar-refractivity contribution is -0.143. The minimum absolute atomic E-state index is 0.0377. The SMILES string of the molecule is NC(=O)CCC(N)C(=O)NC(CC(=O)O)C(=O)NC(CCCN=C(N)N)C(=O)NC(CCC(N)=O)C(=O)O. The van der Waals surface area contributed by atoms with Gasteiger partial charge in [-0.15, -0.1) is 0 Å². The third kappa shape index (κ3) is 14.8. The number of hydrogen-bond donors (Lipinski definition) is 10. The minimum atomic E-state index is -1.68. The maximum absolute atomic E-state index is 12.9. The lowest BCUT2D eigenvalue weighted by atomic mass is 10.1. The Morgan fingerprint density at radius 2 is 1.18 bits per heavy atom. The van der Waals surface area contributed by atoms with Crippen molar-refractivity contribution in [3.05, 3.63) is 0 Å². The van der Waals surface area contributed by atoms with Crippen molar-refractivity contribution in [2.45, 2.75) is 69.1 Å². The highest BCUT2D eigenvalue weighted by atomic mass is 16.4. The van der Waals surface area contributed by atoms with Crippen LogP contribution in [0.1, 0.15) is 44.9 Å². The molecule has 0 bridgehead atoms. The number of nitrogens with two attached hydrogens (primary N) is 5. The van der Waals surface area contributed by atoms with Crippen LogP contribution in [0.15, 0.2) is 4.99 Å². The quantitative estimate of drug-likeness (QED) is 0.0414. The molecular weight excluding hydrogens is 510 g/mol. The molecular formula is C20H35N9O9. The number of nitrogens with zero attached hydrogens (tertiary/aromatic N) is 1. The number of guanidine groups is 1. The van der Waals surface area contributed by atoms with Crippen molar-refractivity contribution in [3.63, 3.8) is 0 Å². The molecule has 214 valence electrons. The Labute approximate surface area is 217 Å². The zero-order valence-electron chi connectivity index (χ0n) is 20.6. The Hall–Kier alpha value is -4.48. The molecule has 0 heterocycles. The van der Waals surface area contributed by atoms with E-state index >= 15 is 0 Å². The second-order valence-electron chi connectivity index (χ2n) is 8.18. The van der Waals surface area contributed by atoms with Gasteiger partial charge >= 0.3 is 11.9 Å². The van der Waals surface area contributed by atoms with Crippen molar-refractivity contribution in [1.29, 1.82) is 0 Å². The number of carboxylic acids is 2. The molecule has 0 aromatic heterocycles. The third-order valence-electron chi connectivity index (χ3n) is 4.92. The van der Waals surface area contributed by atoms with Gasteiger partial charge in [-0.25, -0.2) is 4.79 Å². The van der Waals surface area contributed by atoms with Gasteiger partial charge in [-0.05, 0) is 25.7 Å². The van der Waals surface area contributed by atoms with Crippen LogP contribution >= 0.6 is 0 Å². The second kappa shape index (κ2) is 17.1. The number of aliphatic carboxylic acids is 2. The van der Waals surface area contributed by atoms with Gasteiger partial charge in [0.05, 0.1) is 12.5 Å². The van der Waals surface area contributed by atoms with E-state index in [1.165, 1.54) is 0 Å². The predicted molar refractivity (Wildman–Crippen MR) is 130 cm³/mol. The summed E-state index contributed by atoms with van der Waals surface area (Å²) >= 11 is 0. The summed E-state index contributed by atoms with van der Waals surface area (Å²) in [5.74, 6) is -7.70. The molecule has 0 aliphatic heterocycles. The molecule has 0 radical (unpaired) electrons. The fourth-order valence-corrected chi connectivity index (χ4v) is 2.95. The molecule has 0 aromatic rings. The maximum Gasteiger partial charge on any atom is 0.326 e. The van der Waals surface area contributed by atoms with Gasteiger partial charge in [0.15, 0.2) is 5.96 Å². The fraction of sp³-hybridized carbons (Fsp3) is 0.600. The molecule has 0 fully saturated rings. The number of amides is 5. The standard InChI is InChI=1S/C20H35N9O9/c21-9(3-5-13(22)30)16(34)29-12(8-15(32)33)18(36)27-10(2-1-7-26-20(24)25)17(35)28-11(19(37)38)4-6-14(23)31/h9-12H,1-8,21H2,(H2,22,30)(H2,23,31)(H,27,36)(H,28,35)(H,29,34)(H,32,33)(H,37,38)(H4,24,25,26). The van der Waals surface area contributed by atoms with Crippen LogP contribution in [-0.4, -0.2) is 88.4 Å². The average molecular weight is 546 g/mol. The molecule has 5 amide bonds. The molecule has 0 saturated heterocycles. The molecule has 4 atom stereocenters. The highest BCUT2D eigenvalue weighted by Gasteiger charge is 2.31. The summed E-state index contributed by atoms with van der Waals surface area (Å²) in [5.41, 5.74) is 26.2. The predicted octanol–water partition coefficient (Wildman–Crippen LogP) is -5.09. The van der Waals surface area contributed by atoms with Crippen LogP contribution < -0.4 is 44.6 Å². The van der Waals surface area contributed by atoms with Gasteiger partial charge in [0, 0.05) is 19.4 Å². The molecule has 38 heavy (non-hydrogen) atoms. The molecule has 0 aliphatic carbocycles. The fourth-order valence-electron chi connectivity index (χ4n) is 2.95. The van der Waals surface area contributed by atoms with Crippen LogP contribution in [0.4, 0.5) is 0 Å². The average Bonchev–Trinajstić information content (AvgIpc) is 2.80. The Bertz CT molecular complexity index is 922. The summed E-state index contributed by atoms with van der Waals surface area (Å²) in [6, 6.07) is -5.90. The van der Waals surface area contributed by atoms with Crippen molar-refractivity contribution >= 4 is 47.4 Å². The van der Waals surface area contributed by atoms with Crippen LogP contribution in [0.25, 0.3) is 0 Å². The monoisotopic (exact) mass is 545 g/mol. The molecule has 0 aromatic carbocycles. The first-order valence-electron chi connectivity index (χ1n) is 11.4. The number of rotatable bonds is 19. The lowest BCUT2D eigenvalue weighted by Gasteiger charge is -2.24. The van der Waals surface area contributed by atoms with Gasteiger partial charge in [0.1, 0.15) is 18.1 Å². The zero-order chi connectivity index (χ0) is 29.4. The molecule has 15 N–H and O–H groups in total. The highest BCUT2D eigenvalue weighted by molar-refractivity contribution is 5.95. The normalized spacial score (nSPS) is 13.6. The van der Waals surface area contributed by atoms with Crippen molar-refractivity contribution in [2.24, 2.45) is 33.7 Å². The number of primary amides is 2. The van der Waals surface area contributed by atoms with E-state index in [0.29, 0.717) is 0 Å². The van der Waals surface area contributed by atoms with Crippen LogP contribution in [0, 0.1) is 0 Å². The van der Waals surface area contributed by atoms with Gasteiger partial charge in [-0.2, -0.15) is 0 Å². The van der Waals surface area contributed by atoms with E-state index in [2.05, 4.69) is 20.9 Å². The number of hydrogen-bond acceptors (Lipinski definition) is 9. The van der Waals surface area contributed by atoms with Crippen LogP contribution in [-0.2, 0) is 33.6 Å². The van der Waals surface area contributed by atoms with E-state index in [1.807, 2.05) is 0 Å². The molecule has 18 heteroatoms. The van der Waals surface area contributed by atoms with E-state index in [4.69, 9.17) is 33.8 Å². The van der Waals surface area contributed by atoms with E-state index in [9.17, 15) is 38.7 Å². The van der Waals surface area contributed by atoms with Gasteiger partial charge < -0.3 is 54.8 Å². The largest absolute Gasteiger partial charge is 0.481 e. The second-order valence-corrected chi connectivity index (χ2v) is 8.18. The van der Waals surface area contributed by atoms with E-state index in [-0.39, 0.29) is 51.0 Å². The number of carboxylic acid groups (broad SMARTS) is 2. The zero-order valence-corrected chi connectivity index (χ0v) is 20.6. The Morgan fingerprint density at radius 3 is 1.68 bits per heavy atom. The lowest BCUT2D eigenvalue weighted by Crippen LogP contribution is -2.57. The van der Waals surface area contributed by atoms with Gasteiger partial charge in [0.2, 0.25) is 29.5 Å². The maximum atomic E-state index is 12.9. The molecule has 18 nitrogen and oxygen atoms in total. The summed E-state index contributed by atoms with van der Waals surface area (Å²) in [6.07, 6.45) is -1.96. The van der Waals surface area contributed by atoms with Gasteiger partial charge in [-0.1, -0.05) is 0 Å². The summed E-state index contributed by atoms with van der Waals surface area (Å²) in [7, 11) is 0. The molecule has 0 saturated carbocycles. The van der Waals surface area contributed by atoms with E-state index in [1.54, 1.807) is 0 Å². The molecule has 0 aliphatic rings. The molecule has 0 spiro atoms. The Balaban J connectivity index is 5.67. The summed E-state index contributed by atoms with van der Waals surface area (Å²) in [6.45, 7) is 0.0377. The number of aliphatic imine (C=N–C) groups is 1. The Morgan fingerprint density at radius 1 is 0.684 bits per heavy atom. The Kier molecular flexibility index (Phi) is 15.0.